The fourth-order valence-electron chi connectivity index (χ4n) is 9.46. The van der Waals surface area contributed by atoms with Gasteiger partial charge in [0.05, 0.1) is 17.8 Å². The van der Waals surface area contributed by atoms with Crippen molar-refractivity contribution in [2.45, 2.75) is 103 Å². The zero-order valence-corrected chi connectivity index (χ0v) is 19.8. The number of hydrogen-bond acceptors (Lipinski definition) is 4. The van der Waals surface area contributed by atoms with Gasteiger partial charge in [0.1, 0.15) is 5.78 Å². The van der Waals surface area contributed by atoms with Crippen molar-refractivity contribution in [2.24, 2.45) is 40.9 Å². The number of Topliss-reactive ketones (excluding diaryl/α,β-unsaturated/α-hetero) is 1. The number of rotatable bonds is 0. The molecule has 0 amide bonds. The summed E-state index contributed by atoms with van der Waals surface area (Å²) in [5.41, 5.74) is 3.15. The Morgan fingerprint density at radius 1 is 1.13 bits per heavy atom. The SMILES string of the molecule is CC1=C2C[C@H]3[C@@H](CC(=O)[C@@H]4C[C@@H](O)CC[C@@]43C)[C@@H]2CC[C@]12O[C@@H]1C[C@H](C)CN[C@H]1[C@H]2C. The molecule has 5 fully saturated rings. The lowest BCUT2D eigenvalue weighted by molar-refractivity contribution is -0.145. The highest BCUT2D eigenvalue weighted by Crippen LogP contribution is 2.65. The summed E-state index contributed by atoms with van der Waals surface area (Å²) >= 11 is 0. The number of nitrogens with one attached hydrogen (secondary N) is 1. The van der Waals surface area contributed by atoms with E-state index in [-0.39, 0.29) is 23.0 Å². The summed E-state index contributed by atoms with van der Waals surface area (Å²) < 4.78 is 7.00. The number of ketones is 1. The van der Waals surface area contributed by atoms with Crippen LogP contribution in [0, 0.1) is 40.9 Å². The average molecular weight is 428 g/mol. The fraction of sp³-hybridized carbons (Fsp3) is 0.889. The zero-order valence-electron chi connectivity index (χ0n) is 19.8. The largest absolute Gasteiger partial charge is 0.393 e. The van der Waals surface area contributed by atoms with Crippen LogP contribution in [0.25, 0.3) is 0 Å². The lowest BCUT2D eigenvalue weighted by atomic mass is 9.51. The van der Waals surface area contributed by atoms with Crippen molar-refractivity contribution in [3.05, 3.63) is 11.1 Å². The van der Waals surface area contributed by atoms with Crippen LogP contribution in [0.3, 0.4) is 0 Å². The molecule has 6 aliphatic rings. The van der Waals surface area contributed by atoms with Crippen LogP contribution in [0.5, 0.6) is 0 Å². The minimum atomic E-state index is -0.280. The quantitative estimate of drug-likeness (QED) is 0.567. The number of carbonyl (C=O) groups excluding carboxylic acids is 1. The molecule has 2 aliphatic heterocycles. The number of carbonyl (C=O) groups is 1. The second-order valence-electron chi connectivity index (χ2n) is 12.5. The van der Waals surface area contributed by atoms with Gasteiger partial charge in [-0.05, 0) is 93.1 Å². The number of piperidine rings is 1. The van der Waals surface area contributed by atoms with Gasteiger partial charge in [-0.3, -0.25) is 4.79 Å². The van der Waals surface area contributed by atoms with E-state index in [1.54, 1.807) is 5.57 Å². The predicted octanol–water partition coefficient (Wildman–Crippen LogP) is 4.26. The highest BCUT2D eigenvalue weighted by molar-refractivity contribution is 5.83. The predicted molar refractivity (Wildman–Crippen MR) is 120 cm³/mol. The maximum Gasteiger partial charge on any atom is 0.136 e. The van der Waals surface area contributed by atoms with Crippen LogP contribution in [0.15, 0.2) is 11.1 Å². The average Bonchev–Trinajstić information content (AvgIpc) is 3.23. The molecule has 2 heterocycles. The van der Waals surface area contributed by atoms with Crippen molar-refractivity contribution in [2.75, 3.05) is 6.54 Å². The summed E-state index contributed by atoms with van der Waals surface area (Å²) in [6.07, 6.45) is 8.02. The smallest absolute Gasteiger partial charge is 0.136 e. The van der Waals surface area contributed by atoms with Crippen molar-refractivity contribution in [3.63, 3.8) is 0 Å². The summed E-state index contributed by atoms with van der Waals surface area (Å²) in [6.45, 7) is 10.6. The molecule has 6 rings (SSSR count). The zero-order chi connectivity index (χ0) is 21.7. The standard InChI is InChI=1S/C27H41NO3/c1-14-9-24-25(28-13-14)16(3)27(31-24)8-6-18-19(15(27)2)11-21-20(18)12-23(30)22-10-17(29)5-7-26(21,22)4/h14,16-18,20-22,24-25,28-29H,5-13H2,1-4H3/t14-,16+,17-,18+,20-,21-,22-,24+,25-,26+,27-/m0/s1. The van der Waals surface area contributed by atoms with E-state index in [0.717, 1.165) is 38.6 Å². The summed E-state index contributed by atoms with van der Waals surface area (Å²) in [4.78, 5) is 13.2. The van der Waals surface area contributed by atoms with Crippen LogP contribution >= 0.6 is 0 Å². The molecule has 11 atom stereocenters. The number of ether oxygens (including phenoxy) is 1. The second kappa shape index (κ2) is 6.90. The number of aliphatic hydroxyl groups is 1. The number of hydrogen-bond donors (Lipinski definition) is 2. The van der Waals surface area contributed by atoms with Gasteiger partial charge in [0.15, 0.2) is 0 Å². The summed E-state index contributed by atoms with van der Waals surface area (Å²) in [6, 6.07) is 0.482. The lowest BCUT2D eigenvalue weighted by Gasteiger charge is -2.52. The van der Waals surface area contributed by atoms with Gasteiger partial charge in [0, 0.05) is 24.3 Å². The Morgan fingerprint density at radius 3 is 2.74 bits per heavy atom. The molecule has 1 spiro atoms. The highest BCUT2D eigenvalue weighted by Gasteiger charge is 2.62. The van der Waals surface area contributed by atoms with E-state index in [2.05, 4.69) is 33.0 Å². The van der Waals surface area contributed by atoms with Gasteiger partial charge in [-0.1, -0.05) is 26.3 Å². The van der Waals surface area contributed by atoms with Crippen LogP contribution in [-0.2, 0) is 9.53 Å². The Bertz CT molecular complexity index is 821. The van der Waals surface area contributed by atoms with Crippen molar-refractivity contribution in [1.29, 1.82) is 0 Å². The topological polar surface area (TPSA) is 58.6 Å². The molecule has 0 aromatic rings. The van der Waals surface area contributed by atoms with E-state index >= 15 is 0 Å². The molecule has 2 N–H and O–H groups in total. The molecule has 4 nitrogen and oxygen atoms in total. The van der Waals surface area contributed by atoms with Gasteiger partial charge >= 0.3 is 0 Å². The molecule has 0 aromatic heterocycles. The normalized spacial score (nSPS) is 56.3. The van der Waals surface area contributed by atoms with E-state index in [0.29, 0.717) is 53.9 Å². The van der Waals surface area contributed by atoms with Gasteiger partial charge in [0.25, 0.3) is 0 Å². The summed E-state index contributed by atoms with van der Waals surface area (Å²) in [7, 11) is 0. The Hall–Kier alpha value is -0.710. The summed E-state index contributed by atoms with van der Waals surface area (Å²) in [5, 5.41) is 14.1. The molecule has 0 bridgehead atoms. The minimum absolute atomic E-state index is 0.0720. The third-order valence-electron chi connectivity index (χ3n) is 11.2. The third-order valence-corrected chi connectivity index (χ3v) is 11.2. The van der Waals surface area contributed by atoms with Crippen LogP contribution in [0.2, 0.25) is 0 Å². The fourth-order valence-corrected chi connectivity index (χ4v) is 9.46. The second-order valence-corrected chi connectivity index (χ2v) is 12.5. The van der Waals surface area contributed by atoms with Gasteiger partial charge in [-0.25, -0.2) is 0 Å². The van der Waals surface area contributed by atoms with Crippen molar-refractivity contribution in [3.8, 4) is 0 Å². The lowest BCUT2D eigenvalue weighted by Crippen LogP contribution is -2.51. The van der Waals surface area contributed by atoms with Gasteiger partial charge in [-0.2, -0.15) is 0 Å². The Morgan fingerprint density at radius 2 is 1.94 bits per heavy atom. The Labute approximate surface area is 187 Å². The number of allylic oxidation sites excluding steroid dienone is 1. The monoisotopic (exact) mass is 427 g/mol. The first kappa shape index (κ1) is 20.9. The molecular formula is C27H41NO3. The molecule has 4 heteroatoms. The first-order valence-electron chi connectivity index (χ1n) is 13.1. The molecule has 2 saturated heterocycles. The molecule has 3 saturated carbocycles. The molecule has 0 unspecified atom stereocenters. The highest BCUT2D eigenvalue weighted by atomic mass is 16.5. The van der Waals surface area contributed by atoms with E-state index in [4.69, 9.17) is 4.74 Å². The number of aliphatic hydroxyl groups excluding tert-OH is 1. The van der Waals surface area contributed by atoms with Gasteiger partial charge in [0.2, 0.25) is 0 Å². The first-order valence-corrected chi connectivity index (χ1v) is 13.1. The molecule has 0 aromatic carbocycles. The van der Waals surface area contributed by atoms with Crippen LogP contribution < -0.4 is 5.32 Å². The van der Waals surface area contributed by atoms with Crippen molar-refractivity contribution >= 4 is 5.78 Å². The van der Waals surface area contributed by atoms with Crippen molar-refractivity contribution < 1.29 is 14.6 Å². The first-order chi connectivity index (χ1) is 14.7. The van der Waals surface area contributed by atoms with Crippen LogP contribution in [-0.4, -0.2) is 41.3 Å². The molecular weight excluding hydrogens is 386 g/mol. The van der Waals surface area contributed by atoms with Gasteiger partial charge < -0.3 is 15.2 Å². The maximum atomic E-state index is 13.2. The third kappa shape index (κ3) is 2.74. The Kier molecular flexibility index (Phi) is 4.64. The van der Waals surface area contributed by atoms with E-state index in [1.165, 1.54) is 18.4 Å². The van der Waals surface area contributed by atoms with E-state index in [1.807, 2.05) is 0 Å². The summed E-state index contributed by atoms with van der Waals surface area (Å²) in [5.74, 6) is 3.41. The number of fused-ring (bicyclic) bond motifs is 6. The van der Waals surface area contributed by atoms with Crippen LogP contribution in [0.4, 0.5) is 0 Å². The molecule has 4 aliphatic carbocycles. The minimum Gasteiger partial charge on any atom is -0.393 e. The van der Waals surface area contributed by atoms with E-state index < -0.39 is 0 Å². The van der Waals surface area contributed by atoms with Gasteiger partial charge in [-0.15, -0.1) is 0 Å². The molecule has 31 heavy (non-hydrogen) atoms. The van der Waals surface area contributed by atoms with Crippen molar-refractivity contribution in [1.82, 2.24) is 5.32 Å². The van der Waals surface area contributed by atoms with Crippen LogP contribution in [0.1, 0.15) is 79.1 Å². The Balaban J connectivity index is 1.35. The maximum absolute atomic E-state index is 13.2. The van der Waals surface area contributed by atoms with E-state index in [9.17, 15) is 9.90 Å². The molecule has 0 radical (unpaired) electrons. The molecule has 172 valence electrons.